The zero-order valence-electron chi connectivity index (χ0n) is 8.47. The minimum absolute atomic E-state index is 0. The number of rotatable bonds is 3. The Morgan fingerprint density at radius 2 is 2.00 bits per heavy atom. The van der Waals surface area contributed by atoms with Gasteiger partial charge in [0.1, 0.15) is 5.75 Å². The number of carbonyl (C=O) groups excluding carboxylic acids is 1. The van der Waals surface area contributed by atoms with E-state index in [-0.39, 0.29) is 24.4 Å². The molecule has 0 heterocycles. The van der Waals surface area contributed by atoms with Crippen LogP contribution >= 0.6 is 12.4 Å². The van der Waals surface area contributed by atoms with E-state index in [4.69, 9.17) is 10.5 Å². The Labute approximate surface area is 95.3 Å². The van der Waals surface area contributed by atoms with Crippen LogP contribution in [0.25, 0.3) is 0 Å². The summed E-state index contributed by atoms with van der Waals surface area (Å²) >= 11 is 0. The van der Waals surface area contributed by atoms with Gasteiger partial charge in [0.25, 0.3) is 0 Å². The lowest BCUT2D eigenvalue weighted by molar-refractivity contribution is -0.131. The Morgan fingerprint density at radius 1 is 1.47 bits per heavy atom. The van der Waals surface area contributed by atoms with Gasteiger partial charge in [-0.3, -0.25) is 4.79 Å². The molecule has 0 aliphatic rings. The van der Waals surface area contributed by atoms with E-state index in [1.54, 1.807) is 18.2 Å². The molecule has 0 spiro atoms. The molecule has 0 amide bonds. The van der Waals surface area contributed by atoms with Crippen molar-refractivity contribution in [3.8, 4) is 5.75 Å². The van der Waals surface area contributed by atoms with Crippen molar-refractivity contribution in [3.63, 3.8) is 0 Å². The lowest BCUT2D eigenvalue weighted by Gasteiger charge is -2.07. The fraction of sp³-hybridized carbons (Fsp3) is 0.182. The summed E-state index contributed by atoms with van der Waals surface area (Å²) < 4.78 is 4.88. The molecule has 15 heavy (non-hydrogen) atoms. The van der Waals surface area contributed by atoms with Gasteiger partial charge in [0, 0.05) is 13.0 Å². The number of hydrogen-bond acceptors (Lipinski definition) is 3. The maximum absolute atomic E-state index is 10.6. The van der Waals surface area contributed by atoms with Gasteiger partial charge >= 0.3 is 5.97 Å². The summed E-state index contributed by atoms with van der Waals surface area (Å²) in [5, 5.41) is 0. The fourth-order valence-corrected chi connectivity index (χ4v) is 1.06. The molecule has 3 nitrogen and oxygen atoms in total. The quantitative estimate of drug-likeness (QED) is 0.489. The van der Waals surface area contributed by atoms with E-state index in [1.807, 2.05) is 12.1 Å². The molecule has 0 radical (unpaired) electrons. The number of ether oxygens (including phenoxy) is 1. The number of esters is 1. The third-order valence-corrected chi connectivity index (χ3v) is 1.78. The second kappa shape index (κ2) is 6.22. The van der Waals surface area contributed by atoms with Crippen LogP contribution in [0.15, 0.2) is 36.9 Å². The second-order valence-corrected chi connectivity index (χ2v) is 2.92. The number of benzene rings is 1. The highest BCUT2D eigenvalue weighted by Crippen LogP contribution is 2.16. The predicted octanol–water partition coefficient (Wildman–Crippen LogP) is 2.22. The molecule has 0 aliphatic heterocycles. The standard InChI is InChI=1S/C11H13NO2.ClH/c1-3-11(12)9-4-6-10(7-5-9)14-8(2)13;/h3-7,11H,1,12H2,2H3;1H/t11-;/m0./s1. The molecule has 0 fully saturated rings. The topological polar surface area (TPSA) is 52.3 Å². The number of nitrogens with two attached hydrogens (primary N) is 1. The Hall–Kier alpha value is -1.32. The summed E-state index contributed by atoms with van der Waals surface area (Å²) in [4.78, 5) is 10.6. The van der Waals surface area contributed by atoms with E-state index in [9.17, 15) is 4.79 Å². The van der Waals surface area contributed by atoms with E-state index in [0.29, 0.717) is 5.75 Å². The first-order valence-electron chi connectivity index (χ1n) is 4.30. The molecule has 1 aromatic carbocycles. The van der Waals surface area contributed by atoms with E-state index < -0.39 is 0 Å². The summed E-state index contributed by atoms with van der Waals surface area (Å²) in [6.45, 7) is 4.96. The summed E-state index contributed by atoms with van der Waals surface area (Å²) in [5.74, 6) is 0.197. The first kappa shape index (κ1) is 13.7. The Kier molecular flexibility index (Phi) is 5.67. The van der Waals surface area contributed by atoms with Crippen LogP contribution in [0, 0.1) is 0 Å². The monoisotopic (exact) mass is 227 g/mol. The summed E-state index contributed by atoms with van der Waals surface area (Å²) in [5.41, 5.74) is 6.66. The Balaban J connectivity index is 0.00000196. The molecule has 0 bridgehead atoms. The van der Waals surface area contributed by atoms with Crippen LogP contribution in [0.1, 0.15) is 18.5 Å². The smallest absolute Gasteiger partial charge is 0.308 e. The molecule has 1 rings (SSSR count). The van der Waals surface area contributed by atoms with E-state index in [0.717, 1.165) is 5.56 Å². The van der Waals surface area contributed by atoms with Gasteiger partial charge in [-0.2, -0.15) is 0 Å². The second-order valence-electron chi connectivity index (χ2n) is 2.92. The minimum atomic E-state index is -0.328. The Morgan fingerprint density at radius 3 is 2.40 bits per heavy atom. The van der Waals surface area contributed by atoms with Crippen molar-refractivity contribution in [1.82, 2.24) is 0 Å². The summed E-state index contributed by atoms with van der Waals surface area (Å²) in [7, 11) is 0. The minimum Gasteiger partial charge on any atom is -0.427 e. The molecular weight excluding hydrogens is 214 g/mol. The fourth-order valence-electron chi connectivity index (χ4n) is 1.06. The molecule has 82 valence electrons. The van der Waals surface area contributed by atoms with Crippen LogP contribution in [-0.2, 0) is 4.79 Å². The zero-order chi connectivity index (χ0) is 10.6. The van der Waals surface area contributed by atoms with E-state index in [1.165, 1.54) is 6.92 Å². The van der Waals surface area contributed by atoms with Crippen molar-refractivity contribution >= 4 is 18.4 Å². The van der Waals surface area contributed by atoms with Crippen LogP contribution < -0.4 is 10.5 Å². The van der Waals surface area contributed by atoms with Gasteiger partial charge in [-0.1, -0.05) is 18.2 Å². The molecule has 4 heteroatoms. The molecule has 0 aromatic heterocycles. The van der Waals surface area contributed by atoms with Gasteiger partial charge in [0.2, 0.25) is 0 Å². The third-order valence-electron chi connectivity index (χ3n) is 1.78. The largest absolute Gasteiger partial charge is 0.427 e. The van der Waals surface area contributed by atoms with Crippen LogP contribution in [0.5, 0.6) is 5.75 Å². The summed E-state index contributed by atoms with van der Waals surface area (Å²) in [6, 6.07) is 6.86. The zero-order valence-corrected chi connectivity index (χ0v) is 9.29. The average molecular weight is 228 g/mol. The van der Waals surface area contributed by atoms with Crippen molar-refractivity contribution in [2.24, 2.45) is 5.73 Å². The van der Waals surface area contributed by atoms with Crippen molar-refractivity contribution in [2.45, 2.75) is 13.0 Å². The number of hydrogen-bond donors (Lipinski definition) is 1. The molecule has 1 atom stereocenters. The maximum atomic E-state index is 10.6. The van der Waals surface area contributed by atoms with Crippen LogP contribution in [0.4, 0.5) is 0 Å². The number of halogens is 1. The van der Waals surface area contributed by atoms with Gasteiger partial charge in [0.15, 0.2) is 0 Å². The molecule has 0 unspecified atom stereocenters. The first-order valence-corrected chi connectivity index (χ1v) is 4.30. The molecule has 2 N–H and O–H groups in total. The van der Waals surface area contributed by atoms with E-state index >= 15 is 0 Å². The van der Waals surface area contributed by atoms with Crippen molar-refractivity contribution in [3.05, 3.63) is 42.5 Å². The van der Waals surface area contributed by atoms with Crippen LogP contribution in [0.3, 0.4) is 0 Å². The lowest BCUT2D eigenvalue weighted by Crippen LogP contribution is -2.06. The normalized spacial score (nSPS) is 11.1. The molecule has 1 aromatic rings. The van der Waals surface area contributed by atoms with Crippen molar-refractivity contribution in [2.75, 3.05) is 0 Å². The van der Waals surface area contributed by atoms with Crippen molar-refractivity contribution in [1.29, 1.82) is 0 Å². The molecule has 0 saturated heterocycles. The number of carbonyl (C=O) groups is 1. The predicted molar refractivity (Wildman–Crippen MR) is 62.1 cm³/mol. The van der Waals surface area contributed by atoms with Gasteiger partial charge in [0.05, 0.1) is 0 Å². The highest BCUT2D eigenvalue weighted by atomic mass is 35.5. The molecule has 0 saturated carbocycles. The molecular formula is C11H14ClNO2. The van der Waals surface area contributed by atoms with E-state index in [2.05, 4.69) is 6.58 Å². The molecule has 0 aliphatic carbocycles. The Bertz CT molecular complexity index is 335. The highest BCUT2D eigenvalue weighted by molar-refractivity contribution is 5.85. The van der Waals surface area contributed by atoms with Crippen molar-refractivity contribution < 1.29 is 9.53 Å². The highest BCUT2D eigenvalue weighted by Gasteiger charge is 2.02. The van der Waals surface area contributed by atoms with Gasteiger partial charge < -0.3 is 10.5 Å². The van der Waals surface area contributed by atoms with Gasteiger partial charge in [-0.25, -0.2) is 0 Å². The SMILES string of the molecule is C=C[C@H](N)c1ccc(OC(C)=O)cc1.Cl. The summed E-state index contributed by atoms with van der Waals surface area (Å²) in [6.07, 6.45) is 1.65. The lowest BCUT2D eigenvalue weighted by atomic mass is 10.1. The average Bonchev–Trinajstić information content (AvgIpc) is 2.17. The van der Waals surface area contributed by atoms with Gasteiger partial charge in [-0.05, 0) is 17.7 Å². The maximum Gasteiger partial charge on any atom is 0.308 e. The first-order chi connectivity index (χ1) is 6.63. The van der Waals surface area contributed by atoms with Gasteiger partial charge in [-0.15, -0.1) is 19.0 Å². The third kappa shape index (κ3) is 4.14. The van der Waals surface area contributed by atoms with Crippen LogP contribution in [-0.4, -0.2) is 5.97 Å². The van der Waals surface area contributed by atoms with Crippen LogP contribution in [0.2, 0.25) is 0 Å².